The Kier molecular flexibility index (Phi) is 3.72. The quantitative estimate of drug-likeness (QED) is 0.858. The second-order valence-electron chi connectivity index (χ2n) is 4.87. The van der Waals surface area contributed by atoms with Gasteiger partial charge in [0.05, 0.1) is 0 Å². The van der Waals surface area contributed by atoms with Gasteiger partial charge in [-0.2, -0.15) is 0 Å². The molecule has 0 N–H and O–H groups in total. The maximum absolute atomic E-state index is 12.1. The number of para-hydroxylation sites is 1. The number of nitrogens with zero attached hydrogens (tertiary/aromatic N) is 1. The lowest BCUT2D eigenvalue weighted by atomic mass is 10.3. The summed E-state index contributed by atoms with van der Waals surface area (Å²) in [7, 11) is 0. The molecule has 4 nitrogen and oxygen atoms in total. The molecule has 4 heteroatoms. The third kappa shape index (κ3) is 2.85. The Hall–Kier alpha value is -2.23. The number of furan rings is 1. The van der Waals surface area contributed by atoms with Crippen LogP contribution in [0.3, 0.4) is 0 Å². The molecule has 1 fully saturated rings. The van der Waals surface area contributed by atoms with Gasteiger partial charge in [-0.05, 0) is 37.1 Å². The summed E-state index contributed by atoms with van der Waals surface area (Å²) in [6.07, 6.45) is 2.16. The molecule has 1 amide bonds. The lowest BCUT2D eigenvalue weighted by molar-refractivity contribution is 0.0757. The van der Waals surface area contributed by atoms with Crippen molar-refractivity contribution in [3.8, 4) is 5.75 Å². The summed E-state index contributed by atoms with van der Waals surface area (Å²) in [5.41, 5.74) is 0. The van der Waals surface area contributed by atoms with Gasteiger partial charge in [0.25, 0.3) is 5.91 Å². The van der Waals surface area contributed by atoms with Crippen molar-refractivity contribution in [3.63, 3.8) is 0 Å². The molecule has 0 bridgehead atoms. The molecule has 104 valence electrons. The van der Waals surface area contributed by atoms with E-state index < -0.39 is 0 Å². The number of rotatable bonds is 4. The Labute approximate surface area is 118 Å². The number of hydrogen-bond acceptors (Lipinski definition) is 3. The van der Waals surface area contributed by atoms with E-state index in [0.29, 0.717) is 18.1 Å². The van der Waals surface area contributed by atoms with Gasteiger partial charge in [0.15, 0.2) is 5.76 Å². The van der Waals surface area contributed by atoms with Crippen LogP contribution in [0.4, 0.5) is 0 Å². The lowest BCUT2D eigenvalue weighted by Gasteiger charge is -2.12. The van der Waals surface area contributed by atoms with Crippen LogP contribution in [0.15, 0.2) is 46.9 Å². The average molecular weight is 271 g/mol. The Morgan fingerprint density at radius 2 is 1.85 bits per heavy atom. The minimum atomic E-state index is -0.0199. The fourth-order valence-corrected chi connectivity index (χ4v) is 2.32. The zero-order valence-electron chi connectivity index (χ0n) is 11.2. The van der Waals surface area contributed by atoms with E-state index in [9.17, 15) is 4.79 Å². The predicted molar refractivity (Wildman–Crippen MR) is 74.6 cm³/mol. The van der Waals surface area contributed by atoms with Crippen molar-refractivity contribution in [1.82, 2.24) is 4.90 Å². The maximum atomic E-state index is 12.1. The van der Waals surface area contributed by atoms with Crippen LogP contribution in [-0.2, 0) is 6.61 Å². The molecule has 1 aromatic heterocycles. The molecule has 0 radical (unpaired) electrons. The van der Waals surface area contributed by atoms with E-state index in [1.165, 1.54) is 0 Å². The van der Waals surface area contributed by atoms with Crippen LogP contribution in [0.5, 0.6) is 5.75 Å². The van der Waals surface area contributed by atoms with Crippen molar-refractivity contribution in [2.45, 2.75) is 19.4 Å². The molecule has 1 aromatic carbocycles. The van der Waals surface area contributed by atoms with E-state index in [0.717, 1.165) is 31.7 Å². The number of carbonyl (C=O) groups excluding carboxylic acids is 1. The highest BCUT2D eigenvalue weighted by Crippen LogP contribution is 2.17. The molecule has 0 aliphatic carbocycles. The van der Waals surface area contributed by atoms with Gasteiger partial charge in [0.2, 0.25) is 0 Å². The van der Waals surface area contributed by atoms with E-state index >= 15 is 0 Å². The van der Waals surface area contributed by atoms with Crippen LogP contribution in [0.2, 0.25) is 0 Å². The van der Waals surface area contributed by atoms with Gasteiger partial charge < -0.3 is 14.1 Å². The first-order valence-electron chi connectivity index (χ1n) is 6.89. The number of amides is 1. The zero-order chi connectivity index (χ0) is 13.8. The summed E-state index contributed by atoms with van der Waals surface area (Å²) < 4.78 is 11.2. The van der Waals surface area contributed by atoms with Crippen molar-refractivity contribution in [2.24, 2.45) is 0 Å². The van der Waals surface area contributed by atoms with Crippen molar-refractivity contribution >= 4 is 5.91 Å². The largest absolute Gasteiger partial charge is 0.486 e. The highest BCUT2D eigenvalue weighted by Gasteiger charge is 2.22. The van der Waals surface area contributed by atoms with E-state index in [1.54, 1.807) is 12.1 Å². The minimum absolute atomic E-state index is 0.0199. The molecular formula is C16H17NO3. The second kappa shape index (κ2) is 5.82. The lowest BCUT2D eigenvalue weighted by Crippen LogP contribution is -2.27. The summed E-state index contributed by atoms with van der Waals surface area (Å²) in [4.78, 5) is 14.0. The summed E-state index contributed by atoms with van der Waals surface area (Å²) in [5.74, 6) is 1.83. The molecule has 3 rings (SSSR count). The molecule has 2 heterocycles. The van der Waals surface area contributed by atoms with E-state index in [1.807, 2.05) is 35.2 Å². The molecule has 0 unspecified atom stereocenters. The van der Waals surface area contributed by atoms with Crippen molar-refractivity contribution in [2.75, 3.05) is 13.1 Å². The zero-order valence-corrected chi connectivity index (χ0v) is 11.2. The number of carbonyl (C=O) groups is 1. The second-order valence-corrected chi connectivity index (χ2v) is 4.87. The van der Waals surface area contributed by atoms with Crippen molar-refractivity contribution in [1.29, 1.82) is 0 Å². The first kappa shape index (κ1) is 12.8. The Morgan fingerprint density at radius 1 is 1.10 bits per heavy atom. The highest BCUT2D eigenvalue weighted by molar-refractivity contribution is 5.91. The van der Waals surface area contributed by atoms with Crippen LogP contribution in [-0.4, -0.2) is 23.9 Å². The third-order valence-electron chi connectivity index (χ3n) is 3.39. The molecule has 1 saturated heterocycles. The number of hydrogen-bond donors (Lipinski definition) is 0. The van der Waals surface area contributed by atoms with Crippen LogP contribution >= 0.6 is 0 Å². The fourth-order valence-electron chi connectivity index (χ4n) is 2.32. The third-order valence-corrected chi connectivity index (χ3v) is 3.39. The first-order chi connectivity index (χ1) is 9.83. The SMILES string of the molecule is O=C(c1ccc(COc2ccccc2)o1)N1CCCC1. The molecule has 20 heavy (non-hydrogen) atoms. The van der Waals surface area contributed by atoms with Gasteiger partial charge in [-0.15, -0.1) is 0 Å². The summed E-state index contributed by atoms with van der Waals surface area (Å²) in [6, 6.07) is 13.1. The van der Waals surface area contributed by atoms with Crippen LogP contribution in [0.1, 0.15) is 29.2 Å². The van der Waals surface area contributed by atoms with Gasteiger partial charge >= 0.3 is 0 Å². The summed E-state index contributed by atoms with van der Waals surface area (Å²) >= 11 is 0. The molecule has 0 saturated carbocycles. The number of ether oxygens (including phenoxy) is 1. The maximum Gasteiger partial charge on any atom is 0.289 e. The first-order valence-corrected chi connectivity index (χ1v) is 6.89. The molecule has 1 aliphatic rings. The standard InChI is InChI=1S/C16H17NO3/c18-16(17-10-4-5-11-17)15-9-8-14(20-15)12-19-13-6-2-1-3-7-13/h1-3,6-9H,4-5,10-12H2. The topological polar surface area (TPSA) is 42.7 Å². The molecule has 0 spiro atoms. The van der Waals surface area contributed by atoms with Gasteiger partial charge in [-0.3, -0.25) is 4.79 Å². The van der Waals surface area contributed by atoms with Gasteiger partial charge in [-0.1, -0.05) is 18.2 Å². The summed E-state index contributed by atoms with van der Waals surface area (Å²) in [5, 5.41) is 0. The summed E-state index contributed by atoms with van der Waals surface area (Å²) in [6.45, 7) is 1.99. The predicted octanol–water partition coefficient (Wildman–Crippen LogP) is 3.09. The van der Waals surface area contributed by atoms with E-state index in [4.69, 9.17) is 9.15 Å². The Morgan fingerprint density at radius 3 is 2.60 bits per heavy atom. The average Bonchev–Trinajstić information content (AvgIpc) is 3.17. The normalized spacial score (nSPS) is 14.5. The van der Waals surface area contributed by atoms with Crippen LogP contribution < -0.4 is 4.74 Å². The Bertz CT molecular complexity index is 570. The van der Waals surface area contributed by atoms with Gasteiger partial charge in [0, 0.05) is 13.1 Å². The molecule has 1 aliphatic heterocycles. The van der Waals surface area contributed by atoms with Crippen molar-refractivity contribution < 1.29 is 13.9 Å². The Balaban J connectivity index is 1.60. The van der Waals surface area contributed by atoms with Gasteiger partial charge in [0.1, 0.15) is 18.1 Å². The van der Waals surface area contributed by atoms with Crippen LogP contribution in [0, 0.1) is 0 Å². The molecule has 2 aromatic rings. The van der Waals surface area contributed by atoms with Gasteiger partial charge in [-0.25, -0.2) is 0 Å². The molecular weight excluding hydrogens is 254 g/mol. The van der Waals surface area contributed by atoms with E-state index in [2.05, 4.69) is 0 Å². The monoisotopic (exact) mass is 271 g/mol. The van der Waals surface area contributed by atoms with E-state index in [-0.39, 0.29) is 5.91 Å². The molecule has 0 atom stereocenters. The number of likely N-dealkylation sites (tertiary alicyclic amines) is 1. The minimum Gasteiger partial charge on any atom is -0.486 e. The van der Waals surface area contributed by atoms with Crippen LogP contribution in [0.25, 0.3) is 0 Å². The fraction of sp³-hybridized carbons (Fsp3) is 0.312. The van der Waals surface area contributed by atoms with Crippen molar-refractivity contribution in [3.05, 3.63) is 54.0 Å². The smallest absolute Gasteiger partial charge is 0.289 e. The highest BCUT2D eigenvalue weighted by atomic mass is 16.5. The number of benzene rings is 1.